The van der Waals surface area contributed by atoms with Crippen LogP contribution in [0.2, 0.25) is 0 Å². The van der Waals surface area contributed by atoms with Crippen LogP contribution >= 0.6 is 0 Å². The molecule has 0 aliphatic carbocycles. The van der Waals surface area contributed by atoms with E-state index in [0.29, 0.717) is 24.2 Å². The number of benzene rings is 1. The molecule has 0 atom stereocenters. The molecule has 24 heavy (non-hydrogen) atoms. The first kappa shape index (κ1) is 17.0. The largest absolute Gasteiger partial charge is 0.339 e. The van der Waals surface area contributed by atoms with Crippen molar-refractivity contribution in [1.29, 1.82) is 0 Å². The minimum Gasteiger partial charge on any atom is -0.339 e. The van der Waals surface area contributed by atoms with E-state index in [-0.39, 0.29) is 17.4 Å². The van der Waals surface area contributed by atoms with Gasteiger partial charge in [0.25, 0.3) is 11.8 Å². The predicted octanol–water partition coefficient (Wildman–Crippen LogP) is 2.09. The van der Waals surface area contributed by atoms with Crippen molar-refractivity contribution in [3.8, 4) is 0 Å². The maximum absolute atomic E-state index is 12.6. The molecule has 0 N–H and O–H groups in total. The van der Waals surface area contributed by atoms with Crippen molar-refractivity contribution in [2.75, 3.05) is 39.8 Å². The molecule has 5 nitrogen and oxygen atoms in total. The Bertz CT molecular complexity index is 616. The standard InChI is InChI=1S/C19H27N3O2/c1-4-21(5-2)17(23)15-7-9-16(10-8-15)18(24)22-13-19(14-22)11-6-12-20(19)3/h7-10H,4-6,11-14H2,1-3H3. The molecule has 0 radical (unpaired) electrons. The summed E-state index contributed by atoms with van der Waals surface area (Å²) in [4.78, 5) is 31.0. The van der Waals surface area contributed by atoms with Gasteiger partial charge in [-0.05, 0) is 64.5 Å². The Hall–Kier alpha value is -1.88. The van der Waals surface area contributed by atoms with Crippen LogP contribution in [0.25, 0.3) is 0 Å². The van der Waals surface area contributed by atoms with Gasteiger partial charge >= 0.3 is 0 Å². The van der Waals surface area contributed by atoms with E-state index >= 15 is 0 Å². The lowest BCUT2D eigenvalue weighted by molar-refractivity contribution is -0.00729. The highest BCUT2D eigenvalue weighted by Crippen LogP contribution is 2.37. The fourth-order valence-corrected chi connectivity index (χ4v) is 3.91. The lowest BCUT2D eigenvalue weighted by Gasteiger charge is -2.51. The van der Waals surface area contributed by atoms with Crippen LogP contribution in [0.3, 0.4) is 0 Å². The van der Waals surface area contributed by atoms with Gasteiger partial charge in [0.2, 0.25) is 0 Å². The topological polar surface area (TPSA) is 43.9 Å². The summed E-state index contributed by atoms with van der Waals surface area (Å²) >= 11 is 0. The van der Waals surface area contributed by atoms with Gasteiger partial charge in [0.1, 0.15) is 0 Å². The third-order valence-corrected chi connectivity index (χ3v) is 5.63. The van der Waals surface area contributed by atoms with Gasteiger partial charge in [0.05, 0.1) is 5.54 Å². The Morgan fingerprint density at radius 2 is 1.67 bits per heavy atom. The molecule has 2 aliphatic heterocycles. The molecule has 3 rings (SSSR count). The molecule has 2 saturated heterocycles. The van der Waals surface area contributed by atoms with Gasteiger partial charge in [0, 0.05) is 37.3 Å². The average molecular weight is 329 g/mol. The van der Waals surface area contributed by atoms with E-state index in [1.54, 1.807) is 29.2 Å². The van der Waals surface area contributed by atoms with Crippen molar-refractivity contribution in [3.63, 3.8) is 0 Å². The van der Waals surface area contributed by atoms with Crippen LogP contribution in [0, 0.1) is 0 Å². The number of hydrogen-bond donors (Lipinski definition) is 0. The first-order valence-electron chi connectivity index (χ1n) is 8.90. The average Bonchev–Trinajstić information content (AvgIpc) is 2.95. The van der Waals surface area contributed by atoms with Crippen LogP contribution in [0.15, 0.2) is 24.3 Å². The number of nitrogens with zero attached hydrogens (tertiary/aromatic N) is 3. The number of carbonyl (C=O) groups excluding carboxylic acids is 2. The number of rotatable bonds is 4. The number of likely N-dealkylation sites (tertiary alicyclic amines) is 2. The summed E-state index contributed by atoms with van der Waals surface area (Å²) < 4.78 is 0. The Labute approximate surface area is 144 Å². The van der Waals surface area contributed by atoms with E-state index < -0.39 is 0 Å². The highest BCUT2D eigenvalue weighted by Gasteiger charge is 2.50. The molecule has 1 aromatic carbocycles. The van der Waals surface area contributed by atoms with Gasteiger partial charge in [0.15, 0.2) is 0 Å². The molecule has 2 fully saturated rings. The summed E-state index contributed by atoms with van der Waals surface area (Å²) in [6.07, 6.45) is 2.41. The zero-order valence-corrected chi connectivity index (χ0v) is 14.9. The van der Waals surface area contributed by atoms with Gasteiger partial charge in [-0.3, -0.25) is 14.5 Å². The van der Waals surface area contributed by atoms with Crippen LogP contribution in [0.1, 0.15) is 47.4 Å². The van der Waals surface area contributed by atoms with Gasteiger partial charge < -0.3 is 9.80 Å². The Morgan fingerprint density at radius 3 is 2.17 bits per heavy atom. The van der Waals surface area contributed by atoms with Crippen molar-refractivity contribution >= 4 is 11.8 Å². The van der Waals surface area contributed by atoms with Crippen molar-refractivity contribution < 1.29 is 9.59 Å². The highest BCUT2D eigenvalue weighted by molar-refractivity contribution is 5.98. The SMILES string of the molecule is CCN(CC)C(=O)c1ccc(C(=O)N2CC3(CCCN3C)C2)cc1. The van der Waals surface area contributed by atoms with Crippen LogP contribution in [0.5, 0.6) is 0 Å². The molecular formula is C19H27N3O2. The molecular weight excluding hydrogens is 302 g/mol. The van der Waals surface area contributed by atoms with Crippen molar-refractivity contribution in [2.24, 2.45) is 0 Å². The van der Waals surface area contributed by atoms with E-state index in [1.807, 2.05) is 18.7 Å². The molecule has 2 heterocycles. The molecule has 2 aliphatic rings. The molecule has 0 aromatic heterocycles. The quantitative estimate of drug-likeness (QED) is 0.849. The summed E-state index contributed by atoms with van der Waals surface area (Å²) in [5, 5.41) is 0. The fourth-order valence-electron chi connectivity index (χ4n) is 3.91. The van der Waals surface area contributed by atoms with Crippen LogP contribution in [-0.4, -0.2) is 71.8 Å². The molecule has 1 spiro atoms. The van der Waals surface area contributed by atoms with Crippen LogP contribution in [0.4, 0.5) is 0 Å². The lowest BCUT2D eigenvalue weighted by atomic mass is 9.86. The normalized spacial score (nSPS) is 19.4. The number of amides is 2. The lowest BCUT2D eigenvalue weighted by Crippen LogP contribution is -2.68. The molecule has 0 bridgehead atoms. The summed E-state index contributed by atoms with van der Waals surface area (Å²) in [6, 6.07) is 7.10. The smallest absolute Gasteiger partial charge is 0.253 e. The van der Waals surface area contributed by atoms with E-state index in [2.05, 4.69) is 11.9 Å². The van der Waals surface area contributed by atoms with Crippen molar-refractivity contribution in [2.45, 2.75) is 32.2 Å². The first-order valence-corrected chi connectivity index (χ1v) is 8.90. The molecule has 0 unspecified atom stereocenters. The molecule has 2 amide bonds. The summed E-state index contributed by atoms with van der Waals surface area (Å²) in [6.45, 7) is 8.10. The second-order valence-electron chi connectivity index (χ2n) is 6.97. The molecule has 130 valence electrons. The number of carbonyl (C=O) groups is 2. The maximum atomic E-state index is 12.6. The van der Waals surface area contributed by atoms with E-state index in [0.717, 1.165) is 19.6 Å². The van der Waals surface area contributed by atoms with Gasteiger partial charge in [-0.1, -0.05) is 0 Å². The van der Waals surface area contributed by atoms with Crippen LogP contribution in [-0.2, 0) is 0 Å². The van der Waals surface area contributed by atoms with Gasteiger partial charge in [-0.2, -0.15) is 0 Å². The van der Waals surface area contributed by atoms with Gasteiger partial charge in [-0.25, -0.2) is 0 Å². The highest BCUT2D eigenvalue weighted by atomic mass is 16.2. The van der Waals surface area contributed by atoms with Crippen LogP contribution < -0.4 is 0 Å². The monoisotopic (exact) mass is 329 g/mol. The zero-order chi connectivity index (χ0) is 17.3. The van der Waals surface area contributed by atoms with E-state index in [4.69, 9.17) is 0 Å². The molecule has 1 aromatic rings. The Kier molecular flexibility index (Phi) is 4.63. The third-order valence-electron chi connectivity index (χ3n) is 5.63. The van der Waals surface area contributed by atoms with Crippen molar-refractivity contribution in [1.82, 2.24) is 14.7 Å². The third kappa shape index (κ3) is 2.81. The van der Waals surface area contributed by atoms with E-state index in [9.17, 15) is 9.59 Å². The number of likely N-dealkylation sites (N-methyl/N-ethyl adjacent to an activating group) is 1. The second-order valence-corrected chi connectivity index (χ2v) is 6.97. The molecule has 0 saturated carbocycles. The van der Waals surface area contributed by atoms with Crippen molar-refractivity contribution in [3.05, 3.63) is 35.4 Å². The minimum atomic E-state index is 0.0227. The number of hydrogen-bond acceptors (Lipinski definition) is 3. The zero-order valence-electron chi connectivity index (χ0n) is 14.9. The van der Waals surface area contributed by atoms with Gasteiger partial charge in [-0.15, -0.1) is 0 Å². The summed E-state index contributed by atoms with van der Waals surface area (Å²) in [5.74, 6) is 0.0947. The maximum Gasteiger partial charge on any atom is 0.253 e. The Balaban J connectivity index is 1.64. The Morgan fingerprint density at radius 1 is 1.08 bits per heavy atom. The predicted molar refractivity (Wildman–Crippen MR) is 94.2 cm³/mol. The molecule has 5 heteroatoms. The summed E-state index contributed by atoms with van der Waals surface area (Å²) in [5.41, 5.74) is 1.53. The first-order chi connectivity index (χ1) is 11.5. The fraction of sp³-hybridized carbons (Fsp3) is 0.579. The summed E-state index contributed by atoms with van der Waals surface area (Å²) in [7, 11) is 2.16. The minimum absolute atomic E-state index is 0.0227. The second kappa shape index (κ2) is 6.55. The van der Waals surface area contributed by atoms with E-state index in [1.165, 1.54) is 12.8 Å².